The van der Waals surface area contributed by atoms with E-state index in [-0.39, 0.29) is 41.9 Å². The minimum atomic E-state index is -0.211. The van der Waals surface area contributed by atoms with Crippen LogP contribution >= 0.6 is 24.0 Å². The van der Waals surface area contributed by atoms with Crippen LogP contribution < -0.4 is 10.6 Å². The van der Waals surface area contributed by atoms with Gasteiger partial charge in [-0.2, -0.15) is 0 Å². The average Bonchev–Trinajstić information content (AvgIpc) is 3.26. The van der Waals surface area contributed by atoms with Crippen LogP contribution in [0.4, 0.5) is 4.39 Å². The number of guanidine groups is 1. The van der Waals surface area contributed by atoms with E-state index in [0.29, 0.717) is 12.6 Å². The van der Waals surface area contributed by atoms with Gasteiger partial charge in [-0.25, -0.2) is 4.39 Å². The number of morpholine rings is 2. The summed E-state index contributed by atoms with van der Waals surface area (Å²) in [6, 6.07) is 7.54. The van der Waals surface area contributed by atoms with Gasteiger partial charge in [0.15, 0.2) is 5.96 Å². The average molecular weight is 547 g/mol. The summed E-state index contributed by atoms with van der Waals surface area (Å²) in [7, 11) is 1.79. The van der Waals surface area contributed by atoms with Crippen molar-refractivity contribution in [2.24, 2.45) is 4.99 Å². The monoisotopic (exact) mass is 547 g/mol. The Hall–Kier alpha value is -1.01. The van der Waals surface area contributed by atoms with Gasteiger partial charge in [-0.15, -0.1) is 24.0 Å². The minimum Gasteiger partial charge on any atom is -0.379 e. The van der Waals surface area contributed by atoms with Crippen molar-refractivity contribution in [3.05, 3.63) is 35.6 Å². The highest BCUT2D eigenvalue weighted by atomic mass is 127. The molecule has 3 fully saturated rings. The summed E-state index contributed by atoms with van der Waals surface area (Å²) in [5.41, 5.74) is 1.09. The van der Waals surface area contributed by atoms with Gasteiger partial charge in [0.25, 0.3) is 0 Å². The number of hydrogen-bond donors (Lipinski definition) is 2. The molecule has 0 saturated carbocycles. The second kappa shape index (κ2) is 12.3. The molecule has 0 aromatic heterocycles. The van der Waals surface area contributed by atoms with Crippen LogP contribution in [0.25, 0.3) is 0 Å². The molecule has 0 aliphatic carbocycles. The van der Waals surface area contributed by atoms with Crippen molar-refractivity contribution in [2.45, 2.75) is 31.0 Å². The normalized spacial score (nSPS) is 26.1. The van der Waals surface area contributed by atoms with E-state index in [1.807, 2.05) is 12.1 Å². The van der Waals surface area contributed by atoms with Crippen molar-refractivity contribution in [3.63, 3.8) is 0 Å². The highest BCUT2D eigenvalue weighted by molar-refractivity contribution is 14.0. The summed E-state index contributed by atoms with van der Waals surface area (Å²) in [5, 5.41) is 6.88. The molecule has 0 spiro atoms. The zero-order chi connectivity index (χ0) is 20.8. The van der Waals surface area contributed by atoms with Gasteiger partial charge in [0.1, 0.15) is 5.82 Å². The zero-order valence-electron chi connectivity index (χ0n) is 18.3. The molecule has 174 valence electrons. The van der Waals surface area contributed by atoms with Gasteiger partial charge in [0, 0.05) is 45.8 Å². The number of aliphatic imine (C=N–C) groups is 1. The van der Waals surface area contributed by atoms with Crippen molar-refractivity contribution in [3.8, 4) is 0 Å². The zero-order valence-corrected chi connectivity index (χ0v) is 20.6. The predicted molar refractivity (Wildman–Crippen MR) is 131 cm³/mol. The smallest absolute Gasteiger partial charge is 0.191 e. The first-order chi connectivity index (χ1) is 14.7. The molecule has 3 aliphatic heterocycles. The lowest BCUT2D eigenvalue weighted by atomic mass is 10.0. The highest BCUT2D eigenvalue weighted by Gasteiger charge is 2.32. The molecule has 7 nitrogen and oxygen atoms in total. The molecular weight excluding hydrogens is 512 g/mol. The second-order valence-electron chi connectivity index (χ2n) is 8.30. The number of fused-ring (bicyclic) bond motifs is 1. The van der Waals surface area contributed by atoms with Gasteiger partial charge in [0.05, 0.1) is 32.0 Å². The topological polar surface area (TPSA) is 61.4 Å². The Bertz CT molecular complexity index is 702. The molecule has 0 amide bonds. The summed E-state index contributed by atoms with van der Waals surface area (Å²) in [6.45, 7) is 7.61. The lowest BCUT2D eigenvalue weighted by Crippen LogP contribution is -2.52. The Morgan fingerprint density at radius 1 is 1.19 bits per heavy atom. The first-order valence-corrected chi connectivity index (χ1v) is 11.1. The highest BCUT2D eigenvalue weighted by Crippen LogP contribution is 2.23. The van der Waals surface area contributed by atoms with Crippen LogP contribution in [0, 0.1) is 5.82 Å². The lowest BCUT2D eigenvalue weighted by Gasteiger charge is -2.36. The fourth-order valence-corrected chi connectivity index (χ4v) is 4.67. The largest absolute Gasteiger partial charge is 0.379 e. The molecule has 0 bridgehead atoms. The number of hydrogen-bond acceptors (Lipinski definition) is 5. The lowest BCUT2D eigenvalue weighted by molar-refractivity contribution is -0.0453. The van der Waals surface area contributed by atoms with E-state index >= 15 is 0 Å². The van der Waals surface area contributed by atoms with E-state index in [1.54, 1.807) is 7.05 Å². The van der Waals surface area contributed by atoms with Crippen molar-refractivity contribution < 1.29 is 13.9 Å². The third kappa shape index (κ3) is 6.74. The molecule has 0 radical (unpaired) electrons. The number of nitrogens with one attached hydrogen (secondary N) is 2. The van der Waals surface area contributed by atoms with E-state index in [4.69, 9.17) is 9.47 Å². The molecule has 4 rings (SSSR count). The number of nitrogens with zero attached hydrogens (tertiary/aromatic N) is 3. The van der Waals surface area contributed by atoms with E-state index in [9.17, 15) is 4.39 Å². The Morgan fingerprint density at radius 2 is 1.97 bits per heavy atom. The number of ether oxygens (including phenoxy) is 2. The summed E-state index contributed by atoms with van der Waals surface area (Å²) in [4.78, 5) is 9.32. The van der Waals surface area contributed by atoms with E-state index in [1.165, 1.54) is 31.5 Å². The predicted octanol–water partition coefficient (Wildman–Crippen LogP) is 1.85. The van der Waals surface area contributed by atoms with Crippen LogP contribution in [0.3, 0.4) is 0 Å². The molecule has 9 heteroatoms. The maximum atomic E-state index is 13.4. The van der Waals surface area contributed by atoms with Crippen molar-refractivity contribution in [1.82, 2.24) is 20.4 Å². The third-order valence-electron chi connectivity index (χ3n) is 6.39. The van der Waals surface area contributed by atoms with Crippen LogP contribution in [0.1, 0.15) is 24.4 Å². The van der Waals surface area contributed by atoms with Crippen molar-refractivity contribution >= 4 is 29.9 Å². The summed E-state index contributed by atoms with van der Waals surface area (Å²) < 4.78 is 25.0. The fourth-order valence-electron chi connectivity index (χ4n) is 4.67. The minimum absolute atomic E-state index is 0. The number of benzene rings is 1. The van der Waals surface area contributed by atoms with Crippen LogP contribution in [0.2, 0.25) is 0 Å². The number of rotatable bonds is 6. The van der Waals surface area contributed by atoms with Crippen molar-refractivity contribution in [2.75, 3.05) is 66.1 Å². The third-order valence-corrected chi connectivity index (χ3v) is 6.39. The van der Waals surface area contributed by atoms with E-state index < -0.39 is 0 Å². The van der Waals surface area contributed by atoms with Crippen LogP contribution in [-0.4, -0.2) is 94.0 Å². The Kier molecular flexibility index (Phi) is 9.76. The Labute approximate surface area is 201 Å². The van der Waals surface area contributed by atoms with E-state index in [2.05, 4.69) is 25.4 Å². The van der Waals surface area contributed by atoms with Crippen LogP contribution in [0.15, 0.2) is 29.3 Å². The second-order valence-corrected chi connectivity index (χ2v) is 8.30. The molecular formula is C22H35FIN5O2. The van der Waals surface area contributed by atoms with Gasteiger partial charge < -0.3 is 20.1 Å². The molecule has 3 atom stereocenters. The maximum Gasteiger partial charge on any atom is 0.191 e. The Balaban J connectivity index is 0.00000272. The summed E-state index contributed by atoms with van der Waals surface area (Å²) >= 11 is 0. The molecule has 3 unspecified atom stereocenters. The molecule has 1 aromatic rings. The molecule has 31 heavy (non-hydrogen) atoms. The summed E-state index contributed by atoms with van der Waals surface area (Å²) in [6.07, 6.45) is 2.73. The van der Waals surface area contributed by atoms with Gasteiger partial charge in [-0.1, -0.05) is 12.1 Å². The quantitative estimate of drug-likeness (QED) is 0.322. The van der Waals surface area contributed by atoms with Gasteiger partial charge >= 0.3 is 0 Å². The van der Waals surface area contributed by atoms with Crippen LogP contribution in [0.5, 0.6) is 0 Å². The SMILES string of the molecule is CN=C(NCC1CN2CCCC2CO1)NCC(c1ccc(F)cc1)N1CCOCC1.I. The van der Waals surface area contributed by atoms with E-state index in [0.717, 1.165) is 57.5 Å². The maximum absolute atomic E-state index is 13.4. The Morgan fingerprint density at radius 3 is 2.71 bits per heavy atom. The fraction of sp³-hybridized carbons (Fsp3) is 0.682. The molecule has 3 heterocycles. The molecule has 3 saturated heterocycles. The molecule has 3 aliphatic rings. The molecule has 2 N–H and O–H groups in total. The first-order valence-electron chi connectivity index (χ1n) is 11.1. The van der Waals surface area contributed by atoms with Crippen molar-refractivity contribution in [1.29, 1.82) is 0 Å². The van der Waals surface area contributed by atoms with Gasteiger partial charge in [0.2, 0.25) is 0 Å². The van der Waals surface area contributed by atoms with Gasteiger partial charge in [-0.05, 0) is 37.1 Å². The van der Waals surface area contributed by atoms with Gasteiger partial charge in [-0.3, -0.25) is 14.8 Å². The standard InChI is InChI=1S/C22H34FN5O2.HI/c1-24-22(25-13-20-15-28-8-2-3-19(28)16-30-20)26-14-21(27-9-11-29-12-10-27)17-4-6-18(23)7-5-17;/h4-7,19-21H,2-3,8-16H2,1H3,(H2,24,25,26);1H. The first kappa shape index (κ1) is 24.6. The summed E-state index contributed by atoms with van der Waals surface area (Å²) in [5.74, 6) is 0.556. The van der Waals surface area contributed by atoms with Crippen LogP contribution in [-0.2, 0) is 9.47 Å². The molecule has 1 aromatic carbocycles. The number of halogens is 2.